The molecule has 0 aromatic carbocycles. The second kappa shape index (κ2) is 1.97. The molecule has 58 valence electrons. The minimum absolute atomic E-state index is 0.0754. The lowest BCUT2D eigenvalue weighted by Gasteiger charge is -2.25. The van der Waals surface area contributed by atoms with Crippen LogP contribution >= 0.6 is 0 Å². The molecule has 0 N–H and O–H groups in total. The number of nitrogens with zero attached hydrogens (tertiary/aromatic N) is 2. The number of hydrogen-bond donors (Lipinski definition) is 0. The second-order valence-electron chi connectivity index (χ2n) is 3.63. The molecule has 0 amide bonds. The molecule has 0 atom stereocenters. The molecule has 0 fully saturated rings. The van der Waals surface area contributed by atoms with E-state index >= 15 is 0 Å². The lowest BCUT2D eigenvalue weighted by Crippen LogP contribution is -2.28. The van der Waals surface area contributed by atoms with Crippen LogP contribution in [0.1, 0.15) is 19.5 Å². The summed E-state index contributed by atoms with van der Waals surface area (Å²) in [7, 11) is 0. The molecule has 0 saturated carbocycles. The van der Waals surface area contributed by atoms with Gasteiger partial charge in [-0.05, 0) is 26.0 Å². The number of rotatable bonds is 0. The monoisotopic (exact) mass is 148 g/mol. The highest BCUT2D eigenvalue weighted by molar-refractivity contribution is 5.78. The predicted molar refractivity (Wildman–Crippen MR) is 46.1 cm³/mol. The zero-order valence-electron chi connectivity index (χ0n) is 6.91. The summed E-state index contributed by atoms with van der Waals surface area (Å²) in [6.07, 6.45) is 4.05. The molecule has 1 aromatic heterocycles. The van der Waals surface area contributed by atoms with Gasteiger partial charge < -0.3 is 4.57 Å². The van der Waals surface area contributed by atoms with E-state index in [1.165, 1.54) is 5.69 Å². The number of hydrogen-bond acceptors (Lipinski definition) is 1. The Hall–Kier alpha value is -1.05. The van der Waals surface area contributed by atoms with Gasteiger partial charge in [0.1, 0.15) is 0 Å². The molecule has 2 heteroatoms. The summed E-state index contributed by atoms with van der Waals surface area (Å²) in [5.41, 5.74) is 1.29. The van der Waals surface area contributed by atoms with Gasteiger partial charge in [-0.2, -0.15) is 0 Å². The summed E-state index contributed by atoms with van der Waals surface area (Å²) in [5, 5.41) is 0. The Labute approximate surface area is 66.6 Å². The minimum Gasteiger partial charge on any atom is -0.344 e. The normalized spacial score (nSPS) is 19.8. The first-order valence-corrected chi connectivity index (χ1v) is 3.88. The first-order chi connectivity index (χ1) is 5.17. The van der Waals surface area contributed by atoms with Crippen LogP contribution in [0.25, 0.3) is 0 Å². The lowest BCUT2D eigenvalue weighted by atomic mass is 10.1. The maximum absolute atomic E-state index is 4.43. The average Bonchev–Trinajstić information content (AvgIpc) is 2.31. The van der Waals surface area contributed by atoms with E-state index in [0.29, 0.717) is 0 Å². The fraction of sp³-hybridized carbons (Fsp3) is 0.444. The largest absolute Gasteiger partial charge is 0.344 e. The van der Waals surface area contributed by atoms with E-state index in [1.54, 1.807) is 0 Å². The van der Waals surface area contributed by atoms with Crippen molar-refractivity contribution in [1.29, 1.82) is 0 Å². The first-order valence-electron chi connectivity index (χ1n) is 3.88. The maximum Gasteiger partial charge on any atom is 0.0731 e. The van der Waals surface area contributed by atoms with Crippen molar-refractivity contribution in [3.8, 4) is 0 Å². The van der Waals surface area contributed by atoms with Gasteiger partial charge in [0.2, 0.25) is 0 Å². The highest BCUT2D eigenvalue weighted by Gasteiger charge is 2.20. The van der Waals surface area contributed by atoms with Crippen LogP contribution in [0.3, 0.4) is 0 Å². The number of aliphatic imine (C=N–C) groups is 1. The first kappa shape index (κ1) is 6.65. The third-order valence-corrected chi connectivity index (χ3v) is 1.97. The van der Waals surface area contributed by atoms with Crippen LogP contribution in [0.5, 0.6) is 0 Å². The van der Waals surface area contributed by atoms with Gasteiger partial charge in [0.05, 0.1) is 11.2 Å². The van der Waals surface area contributed by atoms with Crippen molar-refractivity contribution < 1.29 is 0 Å². The van der Waals surface area contributed by atoms with Gasteiger partial charge >= 0.3 is 0 Å². The molecule has 0 unspecified atom stereocenters. The van der Waals surface area contributed by atoms with Gasteiger partial charge in [-0.15, -0.1) is 0 Å². The Bertz CT molecular complexity index is 294. The SMILES string of the molecule is CC1(C)Cn2cccc2C=N1. The summed E-state index contributed by atoms with van der Waals surface area (Å²) in [6.45, 7) is 5.28. The summed E-state index contributed by atoms with van der Waals surface area (Å²) in [5.74, 6) is 0. The van der Waals surface area contributed by atoms with E-state index in [1.807, 2.05) is 6.21 Å². The van der Waals surface area contributed by atoms with Crippen molar-refractivity contribution in [3.63, 3.8) is 0 Å². The highest BCUT2D eigenvalue weighted by Crippen LogP contribution is 2.18. The van der Waals surface area contributed by atoms with Crippen molar-refractivity contribution in [2.45, 2.75) is 25.9 Å². The Morgan fingerprint density at radius 2 is 2.36 bits per heavy atom. The molecule has 11 heavy (non-hydrogen) atoms. The van der Waals surface area contributed by atoms with Gasteiger partial charge in [-0.1, -0.05) is 0 Å². The fourth-order valence-corrected chi connectivity index (χ4v) is 1.39. The van der Waals surface area contributed by atoms with Crippen LogP contribution in [0.2, 0.25) is 0 Å². The van der Waals surface area contributed by atoms with Crippen LogP contribution in [-0.4, -0.2) is 16.3 Å². The van der Waals surface area contributed by atoms with Crippen LogP contribution in [0, 0.1) is 0 Å². The van der Waals surface area contributed by atoms with Gasteiger partial charge in [0, 0.05) is 19.0 Å². The fourth-order valence-electron chi connectivity index (χ4n) is 1.39. The van der Waals surface area contributed by atoms with E-state index in [0.717, 1.165) is 6.54 Å². The summed E-state index contributed by atoms with van der Waals surface area (Å²) in [4.78, 5) is 4.43. The number of aromatic nitrogens is 1. The Balaban J connectivity index is 2.44. The van der Waals surface area contributed by atoms with Crippen LogP contribution < -0.4 is 0 Å². The lowest BCUT2D eigenvalue weighted by molar-refractivity contribution is 0.428. The molecule has 2 nitrogen and oxygen atoms in total. The van der Waals surface area contributed by atoms with Crippen LogP contribution in [0.4, 0.5) is 0 Å². The third kappa shape index (κ3) is 1.09. The van der Waals surface area contributed by atoms with Gasteiger partial charge in [0.25, 0.3) is 0 Å². The molecule has 0 aliphatic carbocycles. The van der Waals surface area contributed by atoms with E-state index in [2.05, 4.69) is 41.7 Å². The van der Waals surface area contributed by atoms with Crippen LogP contribution in [0.15, 0.2) is 23.3 Å². The summed E-state index contributed by atoms with van der Waals surface area (Å²) >= 11 is 0. The third-order valence-electron chi connectivity index (χ3n) is 1.97. The van der Waals surface area contributed by atoms with Crippen molar-refractivity contribution in [2.75, 3.05) is 0 Å². The molecule has 1 aromatic rings. The van der Waals surface area contributed by atoms with Crippen LogP contribution in [-0.2, 0) is 6.54 Å². The highest BCUT2D eigenvalue weighted by atomic mass is 15.1. The van der Waals surface area contributed by atoms with E-state index in [4.69, 9.17) is 0 Å². The van der Waals surface area contributed by atoms with Crippen molar-refractivity contribution in [2.24, 2.45) is 4.99 Å². The standard InChI is InChI=1S/C9H12N2/c1-9(2)7-11-5-3-4-8(11)6-10-9/h3-6H,7H2,1-2H3. The van der Waals surface area contributed by atoms with Gasteiger partial charge in [-0.3, -0.25) is 4.99 Å². The van der Waals surface area contributed by atoms with E-state index < -0.39 is 0 Å². The van der Waals surface area contributed by atoms with E-state index in [9.17, 15) is 0 Å². The molecule has 1 aliphatic rings. The predicted octanol–water partition coefficient (Wildman–Crippen LogP) is 1.70. The molecule has 0 spiro atoms. The van der Waals surface area contributed by atoms with Crippen molar-refractivity contribution in [1.82, 2.24) is 4.57 Å². The van der Waals surface area contributed by atoms with Gasteiger partial charge in [0.15, 0.2) is 0 Å². The van der Waals surface area contributed by atoms with Crippen molar-refractivity contribution >= 4 is 6.21 Å². The second-order valence-corrected chi connectivity index (χ2v) is 3.63. The Morgan fingerprint density at radius 1 is 1.55 bits per heavy atom. The minimum atomic E-state index is 0.0754. The quantitative estimate of drug-likeness (QED) is 0.533. The molecule has 1 aliphatic heterocycles. The van der Waals surface area contributed by atoms with Gasteiger partial charge in [-0.25, -0.2) is 0 Å². The smallest absolute Gasteiger partial charge is 0.0731 e. The molecular weight excluding hydrogens is 136 g/mol. The molecular formula is C9H12N2. The maximum atomic E-state index is 4.43. The summed E-state index contributed by atoms with van der Waals surface area (Å²) in [6, 6.07) is 4.14. The number of fused-ring (bicyclic) bond motifs is 1. The molecule has 0 bridgehead atoms. The molecule has 0 radical (unpaired) electrons. The molecule has 0 saturated heterocycles. The Kier molecular flexibility index (Phi) is 1.19. The van der Waals surface area contributed by atoms with E-state index in [-0.39, 0.29) is 5.54 Å². The molecule has 2 rings (SSSR count). The topological polar surface area (TPSA) is 17.3 Å². The van der Waals surface area contributed by atoms with Crippen molar-refractivity contribution in [3.05, 3.63) is 24.0 Å². The molecule has 2 heterocycles. The average molecular weight is 148 g/mol. The zero-order valence-corrected chi connectivity index (χ0v) is 6.91. The zero-order chi connectivity index (χ0) is 7.90. The Morgan fingerprint density at radius 3 is 3.18 bits per heavy atom. The summed E-state index contributed by atoms with van der Waals surface area (Å²) < 4.78 is 2.23.